The SMILES string of the molecule is Cc1ccc2c(c1)NC(=O)CS2(=O)=O. The minimum atomic E-state index is -3.42. The van der Waals surface area contributed by atoms with Crippen LogP contribution in [0.3, 0.4) is 0 Å². The third kappa shape index (κ3) is 1.39. The van der Waals surface area contributed by atoms with E-state index in [9.17, 15) is 13.2 Å². The summed E-state index contributed by atoms with van der Waals surface area (Å²) in [4.78, 5) is 11.3. The van der Waals surface area contributed by atoms with Crippen molar-refractivity contribution in [3.63, 3.8) is 0 Å². The highest BCUT2D eigenvalue weighted by Gasteiger charge is 2.28. The number of hydrogen-bond donors (Lipinski definition) is 1. The minimum Gasteiger partial charge on any atom is -0.324 e. The van der Waals surface area contributed by atoms with E-state index in [0.717, 1.165) is 5.56 Å². The molecule has 0 saturated heterocycles. The summed E-state index contributed by atoms with van der Waals surface area (Å²) in [7, 11) is -3.42. The third-order valence-electron chi connectivity index (χ3n) is 2.07. The molecule has 1 aliphatic rings. The standard InChI is InChI=1S/C9H9NO3S/c1-6-2-3-8-7(4-6)10-9(11)5-14(8,12)13/h2-4H,5H2,1H3,(H,10,11). The smallest absolute Gasteiger partial charge is 0.239 e. The van der Waals surface area contributed by atoms with Gasteiger partial charge in [-0.2, -0.15) is 0 Å². The van der Waals surface area contributed by atoms with Crippen molar-refractivity contribution in [2.24, 2.45) is 0 Å². The molecule has 1 N–H and O–H groups in total. The number of hydrogen-bond acceptors (Lipinski definition) is 3. The van der Waals surface area contributed by atoms with E-state index in [2.05, 4.69) is 5.32 Å². The van der Waals surface area contributed by atoms with Gasteiger partial charge < -0.3 is 5.32 Å². The lowest BCUT2D eigenvalue weighted by molar-refractivity contribution is -0.114. The highest BCUT2D eigenvalue weighted by Crippen LogP contribution is 2.27. The second-order valence-corrected chi connectivity index (χ2v) is 5.26. The summed E-state index contributed by atoms with van der Waals surface area (Å²) < 4.78 is 23.1. The van der Waals surface area contributed by atoms with Crippen LogP contribution in [0.15, 0.2) is 23.1 Å². The number of benzene rings is 1. The Morgan fingerprint density at radius 2 is 2.07 bits per heavy atom. The average Bonchev–Trinajstić information content (AvgIpc) is 2.00. The Balaban J connectivity index is 2.69. The molecule has 1 aromatic rings. The zero-order chi connectivity index (χ0) is 10.3. The Morgan fingerprint density at radius 3 is 2.79 bits per heavy atom. The van der Waals surface area contributed by atoms with E-state index in [1.165, 1.54) is 6.07 Å². The molecule has 0 radical (unpaired) electrons. The summed E-state index contributed by atoms with van der Waals surface area (Å²) in [6.45, 7) is 1.84. The van der Waals surface area contributed by atoms with Crippen molar-refractivity contribution in [3.05, 3.63) is 23.8 Å². The fraction of sp³-hybridized carbons (Fsp3) is 0.222. The quantitative estimate of drug-likeness (QED) is 0.687. The van der Waals surface area contributed by atoms with Gasteiger partial charge in [0.2, 0.25) is 5.91 Å². The Bertz CT molecular complexity index is 505. The minimum absolute atomic E-state index is 0.211. The first kappa shape index (κ1) is 9.21. The van der Waals surface area contributed by atoms with Crippen LogP contribution in [-0.4, -0.2) is 20.1 Å². The van der Waals surface area contributed by atoms with E-state index in [4.69, 9.17) is 0 Å². The number of carbonyl (C=O) groups is 1. The topological polar surface area (TPSA) is 63.2 Å². The van der Waals surface area contributed by atoms with Crippen molar-refractivity contribution < 1.29 is 13.2 Å². The summed E-state index contributed by atoms with van der Waals surface area (Å²) in [6.07, 6.45) is 0. The van der Waals surface area contributed by atoms with Crippen LogP contribution >= 0.6 is 0 Å². The van der Waals surface area contributed by atoms with Crippen LogP contribution < -0.4 is 5.32 Å². The van der Waals surface area contributed by atoms with Crippen LogP contribution in [-0.2, 0) is 14.6 Å². The van der Waals surface area contributed by atoms with Crippen LogP contribution in [0.5, 0.6) is 0 Å². The van der Waals surface area contributed by atoms with Crippen molar-refractivity contribution in [1.29, 1.82) is 0 Å². The van der Waals surface area contributed by atoms with Gasteiger partial charge in [-0.3, -0.25) is 4.79 Å². The first-order chi connectivity index (χ1) is 6.49. The van der Waals surface area contributed by atoms with E-state index in [0.29, 0.717) is 5.69 Å². The number of amides is 1. The van der Waals surface area contributed by atoms with Crippen LogP contribution in [0, 0.1) is 6.92 Å². The van der Waals surface area contributed by atoms with E-state index >= 15 is 0 Å². The molecule has 1 heterocycles. The van der Waals surface area contributed by atoms with Crippen LogP contribution in [0.4, 0.5) is 5.69 Å². The van der Waals surface area contributed by atoms with Crippen LogP contribution in [0.25, 0.3) is 0 Å². The van der Waals surface area contributed by atoms with Gasteiger partial charge in [-0.15, -0.1) is 0 Å². The van der Waals surface area contributed by atoms with Crippen molar-refractivity contribution in [3.8, 4) is 0 Å². The maximum absolute atomic E-state index is 11.5. The lowest BCUT2D eigenvalue weighted by atomic mass is 10.2. The maximum atomic E-state index is 11.5. The lowest BCUT2D eigenvalue weighted by Crippen LogP contribution is -2.29. The van der Waals surface area contributed by atoms with Gasteiger partial charge in [-0.05, 0) is 24.6 Å². The molecular weight excluding hydrogens is 202 g/mol. The fourth-order valence-corrected chi connectivity index (χ4v) is 2.74. The van der Waals surface area contributed by atoms with Gasteiger partial charge in [0.15, 0.2) is 9.84 Å². The summed E-state index contributed by atoms with van der Waals surface area (Å²) in [5.41, 5.74) is 1.31. The third-order valence-corrected chi connectivity index (χ3v) is 3.73. The molecule has 1 aliphatic heterocycles. The van der Waals surface area contributed by atoms with Gasteiger partial charge in [-0.25, -0.2) is 8.42 Å². The number of aryl methyl sites for hydroxylation is 1. The molecule has 0 fully saturated rings. The summed E-state index contributed by atoms with van der Waals surface area (Å²) in [5.74, 6) is -0.925. The number of anilines is 1. The predicted molar refractivity (Wildman–Crippen MR) is 51.9 cm³/mol. The summed E-state index contributed by atoms with van der Waals surface area (Å²) >= 11 is 0. The van der Waals surface area contributed by atoms with Crippen molar-refractivity contribution in [1.82, 2.24) is 0 Å². The first-order valence-electron chi connectivity index (χ1n) is 4.12. The molecule has 5 heteroatoms. The molecule has 2 rings (SSSR count). The Labute approximate surface area is 81.9 Å². The van der Waals surface area contributed by atoms with E-state index < -0.39 is 21.5 Å². The molecule has 0 aromatic heterocycles. The molecule has 0 unspecified atom stereocenters. The van der Waals surface area contributed by atoms with Gasteiger partial charge in [-0.1, -0.05) is 6.07 Å². The molecule has 74 valence electrons. The molecule has 1 aromatic carbocycles. The molecule has 1 amide bonds. The van der Waals surface area contributed by atoms with Crippen molar-refractivity contribution in [2.75, 3.05) is 11.1 Å². The number of fused-ring (bicyclic) bond motifs is 1. The Morgan fingerprint density at radius 1 is 1.36 bits per heavy atom. The van der Waals surface area contributed by atoms with Crippen molar-refractivity contribution in [2.45, 2.75) is 11.8 Å². The molecule has 0 aliphatic carbocycles. The largest absolute Gasteiger partial charge is 0.324 e. The monoisotopic (exact) mass is 211 g/mol. The normalized spacial score (nSPS) is 18.5. The average molecular weight is 211 g/mol. The summed E-state index contributed by atoms with van der Waals surface area (Å²) in [6, 6.07) is 4.90. The zero-order valence-electron chi connectivity index (χ0n) is 7.57. The van der Waals surface area contributed by atoms with Gasteiger partial charge in [0.25, 0.3) is 0 Å². The highest BCUT2D eigenvalue weighted by molar-refractivity contribution is 7.92. The summed E-state index contributed by atoms with van der Waals surface area (Å²) in [5, 5.41) is 2.54. The van der Waals surface area contributed by atoms with Gasteiger partial charge >= 0.3 is 0 Å². The first-order valence-corrected chi connectivity index (χ1v) is 5.77. The van der Waals surface area contributed by atoms with Crippen LogP contribution in [0.2, 0.25) is 0 Å². The molecule has 14 heavy (non-hydrogen) atoms. The highest BCUT2D eigenvalue weighted by atomic mass is 32.2. The van der Waals surface area contributed by atoms with Crippen molar-refractivity contribution >= 4 is 21.4 Å². The lowest BCUT2D eigenvalue weighted by Gasteiger charge is -2.17. The molecule has 0 spiro atoms. The molecular formula is C9H9NO3S. The number of rotatable bonds is 0. The van der Waals surface area contributed by atoms with E-state index in [1.54, 1.807) is 12.1 Å². The fourth-order valence-electron chi connectivity index (χ4n) is 1.45. The van der Waals surface area contributed by atoms with E-state index in [-0.39, 0.29) is 4.90 Å². The number of sulfone groups is 1. The van der Waals surface area contributed by atoms with Gasteiger partial charge in [0, 0.05) is 0 Å². The van der Waals surface area contributed by atoms with Crippen LogP contribution in [0.1, 0.15) is 5.56 Å². The molecule has 0 bridgehead atoms. The second kappa shape index (κ2) is 2.81. The zero-order valence-corrected chi connectivity index (χ0v) is 8.39. The number of carbonyl (C=O) groups excluding carboxylic acids is 1. The van der Waals surface area contributed by atoms with Gasteiger partial charge in [0.1, 0.15) is 5.75 Å². The van der Waals surface area contributed by atoms with Gasteiger partial charge in [0.05, 0.1) is 10.6 Å². The predicted octanol–water partition coefficient (Wildman–Crippen LogP) is 0.721. The maximum Gasteiger partial charge on any atom is 0.239 e. The Kier molecular flexibility index (Phi) is 1.85. The second-order valence-electron chi connectivity index (χ2n) is 3.31. The molecule has 0 atom stereocenters. The molecule has 4 nitrogen and oxygen atoms in total. The Hall–Kier alpha value is -1.36. The van der Waals surface area contributed by atoms with E-state index in [1.807, 2.05) is 6.92 Å². The number of nitrogens with one attached hydrogen (secondary N) is 1. The molecule has 0 saturated carbocycles.